The Balaban J connectivity index is 1.25. The number of ether oxygens (including phenoxy) is 1. The van der Waals surface area contributed by atoms with Crippen molar-refractivity contribution in [3.63, 3.8) is 0 Å². The normalized spacial score (nSPS) is 20.1. The monoisotopic (exact) mass is 403 g/mol. The van der Waals surface area contributed by atoms with Gasteiger partial charge in [0.25, 0.3) is 0 Å². The van der Waals surface area contributed by atoms with Crippen LogP contribution in [0.4, 0.5) is 18.9 Å². The van der Waals surface area contributed by atoms with Gasteiger partial charge in [-0.2, -0.15) is 18.3 Å². The summed E-state index contributed by atoms with van der Waals surface area (Å²) in [5.74, 6) is 0. The number of halogens is 3. The number of nitrogens with one attached hydrogen (secondary N) is 2. The van der Waals surface area contributed by atoms with Gasteiger partial charge in [0.05, 0.1) is 30.0 Å². The van der Waals surface area contributed by atoms with Crippen LogP contribution in [0.15, 0.2) is 48.7 Å². The fourth-order valence-electron chi connectivity index (χ4n) is 4.04. The molecule has 0 unspecified atom stereocenters. The minimum Gasteiger partial charge on any atom is -0.382 e. The number of anilines is 1. The van der Waals surface area contributed by atoms with Crippen LogP contribution in [-0.4, -0.2) is 29.0 Å². The molecular formula is C22H24F3N3O. The number of hydrogen-bond donors (Lipinski definition) is 2. The van der Waals surface area contributed by atoms with Gasteiger partial charge in [0.15, 0.2) is 0 Å². The molecule has 0 radical (unpaired) electrons. The number of H-pyrrole nitrogens is 1. The van der Waals surface area contributed by atoms with Crippen LogP contribution in [0.25, 0.3) is 10.9 Å². The summed E-state index contributed by atoms with van der Waals surface area (Å²) in [5.41, 5.74) is 1.81. The van der Waals surface area contributed by atoms with Gasteiger partial charge < -0.3 is 10.1 Å². The Bertz CT molecular complexity index is 946. The van der Waals surface area contributed by atoms with Gasteiger partial charge in [-0.3, -0.25) is 5.10 Å². The van der Waals surface area contributed by atoms with Crippen LogP contribution in [0, 0.1) is 0 Å². The molecule has 1 aliphatic carbocycles. The van der Waals surface area contributed by atoms with E-state index in [1.807, 2.05) is 18.3 Å². The standard InChI is InChI=1S/C22H24F3N3O/c23-22(24,25)19-5-2-1-4-15(19)12-13-29-17-10-8-16(9-11-17)27-20-6-3-7-21-18(20)14-26-28-21/h1-7,14,16-17,27H,8-13H2,(H,26,28). The number of hydrogen-bond acceptors (Lipinski definition) is 3. The Hall–Kier alpha value is -2.54. The Kier molecular flexibility index (Phi) is 5.76. The van der Waals surface area contributed by atoms with E-state index < -0.39 is 11.7 Å². The maximum absolute atomic E-state index is 13.1. The van der Waals surface area contributed by atoms with Crippen LogP contribution in [0.1, 0.15) is 36.8 Å². The molecule has 154 valence electrons. The molecule has 7 heteroatoms. The first kappa shape index (κ1) is 19.8. The number of fused-ring (bicyclic) bond motifs is 1. The fraction of sp³-hybridized carbons (Fsp3) is 0.409. The van der Waals surface area contributed by atoms with E-state index in [4.69, 9.17) is 4.74 Å². The molecule has 0 atom stereocenters. The fourth-order valence-corrected chi connectivity index (χ4v) is 4.04. The van der Waals surface area contributed by atoms with Crippen molar-refractivity contribution in [2.75, 3.05) is 11.9 Å². The van der Waals surface area contributed by atoms with Gasteiger partial charge >= 0.3 is 6.18 Å². The van der Waals surface area contributed by atoms with Crippen molar-refractivity contribution in [2.45, 2.75) is 50.4 Å². The molecule has 1 aromatic heterocycles. The van der Waals surface area contributed by atoms with Crippen LogP contribution >= 0.6 is 0 Å². The van der Waals surface area contributed by atoms with Gasteiger partial charge in [-0.1, -0.05) is 24.3 Å². The second-order valence-corrected chi connectivity index (χ2v) is 7.53. The predicted octanol–water partition coefficient (Wildman–Crippen LogP) is 5.56. The minimum atomic E-state index is -4.32. The Labute approximate surface area is 167 Å². The van der Waals surface area contributed by atoms with E-state index in [0.29, 0.717) is 18.2 Å². The first-order valence-corrected chi connectivity index (χ1v) is 9.96. The van der Waals surface area contributed by atoms with Crippen molar-refractivity contribution in [1.29, 1.82) is 0 Å². The lowest BCUT2D eigenvalue weighted by Gasteiger charge is -2.30. The van der Waals surface area contributed by atoms with Crippen LogP contribution < -0.4 is 5.32 Å². The SMILES string of the molecule is FC(F)(F)c1ccccc1CCOC1CCC(Nc2cccc3[nH]ncc23)CC1. The summed E-state index contributed by atoms with van der Waals surface area (Å²) < 4.78 is 45.1. The lowest BCUT2D eigenvalue weighted by atomic mass is 9.92. The number of benzene rings is 2. The van der Waals surface area contributed by atoms with E-state index in [1.165, 1.54) is 12.1 Å². The third-order valence-corrected chi connectivity index (χ3v) is 5.57. The smallest absolute Gasteiger partial charge is 0.382 e. The summed E-state index contributed by atoms with van der Waals surface area (Å²) in [6, 6.07) is 12.1. The van der Waals surface area contributed by atoms with Crippen molar-refractivity contribution in [1.82, 2.24) is 10.2 Å². The maximum atomic E-state index is 13.1. The Morgan fingerprint density at radius 2 is 1.83 bits per heavy atom. The highest BCUT2D eigenvalue weighted by Gasteiger charge is 2.32. The zero-order valence-corrected chi connectivity index (χ0v) is 16.0. The third-order valence-electron chi connectivity index (χ3n) is 5.57. The van der Waals surface area contributed by atoms with E-state index in [0.717, 1.165) is 48.3 Å². The number of alkyl halides is 3. The second-order valence-electron chi connectivity index (χ2n) is 7.53. The molecule has 1 fully saturated rings. The van der Waals surface area contributed by atoms with Gasteiger partial charge in [0, 0.05) is 17.1 Å². The summed E-state index contributed by atoms with van der Waals surface area (Å²) in [7, 11) is 0. The summed E-state index contributed by atoms with van der Waals surface area (Å²) >= 11 is 0. The van der Waals surface area contributed by atoms with E-state index in [9.17, 15) is 13.2 Å². The van der Waals surface area contributed by atoms with Crippen LogP contribution in [-0.2, 0) is 17.3 Å². The molecule has 0 saturated heterocycles. The average molecular weight is 403 g/mol. The lowest BCUT2D eigenvalue weighted by molar-refractivity contribution is -0.138. The highest BCUT2D eigenvalue weighted by atomic mass is 19.4. The van der Waals surface area contributed by atoms with Crippen molar-refractivity contribution in [2.24, 2.45) is 0 Å². The number of rotatable bonds is 6. The molecule has 0 bridgehead atoms. The summed E-state index contributed by atoms with van der Waals surface area (Å²) in [6.45, 7) is 0.310. The Morgan fingerprint density at radius 3 is 2.62 bits per heavy atom. The number of aromatic amines is 1. The van der Waals surface area contributed by atoms with E-state index in [-0.39, 0.29) is 12.5 Å². The van der Waals surface area contributed by atoms with Gasteiger partial charge in [-0.05, 0) is 55.9 Å². The van der Waals surface area contributed by atoms with Crippen molar-refractivity contribution < 1.29 is 17.9 Å². The Morgan fingerprint density at radius 1 is 1.03 bits per heavy atom. The van der Waals surface area contributed by atoms with Crippen molar-refractivity contribution in [3.8, 4) is 0 Å². The zero-order chi connectivity index (χ0) is 20.3. The highest BCUT2D eigenvalue weighted by molar-refractivity contribution is 5.90. The minimum absolute atomic E-state index is 0.107. The van der Waals surface area contributed by atoms with Gasteiger partial charge in [-0.15, -0.1) is 0 Å². The van der Waals surface area contributed by atoms with E-state index in [2.05, 4.69) is 21.6 Å². The molecule has 0 amide bonds. The maximum Gasteiger partial charge on any atom is 0.416 e. The molecular weight excluding hydrogens is 379 g/mol. The first-order chi connectivity index (χ1) is 14.0. The van der Waals surface area contributed by atoms with E-state index in [1.54, 1.807) is 6.07 Å². The summed E-state index contributed by atoms with van der Waals surface area (Å²) in [5, 5.41) is 11.7. The number of aromatic nitrogens is 2. The first-order valence-electron chi connectivity index (χ1n) is 9.96. The van der Waals surface area contributed by atoms with Gasteiger partial charge in [0.2, 0.25) is 0 Å². The lowest BCUT2D eigenvalue weighted by Crippen LogP contribution is -2.30. The molecule has 4 nitrogen and oxygen atoms in total. The molecule has 1 heterocycles. The molecule has 29 heavy (non-hydrogen) atoms. The van der Waals surface area contributed by atoms with Crippen LogP contribution in [0.3, 0.4) is 0 Å². The average Bonchev–Trinajstić information content (AvgIpc) is 3.19. The quantitative estimate of drug-likeness (QED) is 0.566. The molecule has 3 aromatic rings. The van der Waals surface area contributed by atoms with Gasteiger partial charge in [0.1, 0.15) is 0 Å². The molecule has 0 spiro atoms. The predicted molar refractivity (Wildman–Crippen MR) is 107 cm³/mol. The highest BCUT2D eigenvalue weighted by Crippen LogP contribution is 2.32. The molecule has 0 aliphatic heterocycles. The van der Waals surface area contributed by atoms with E-state index >= 15 is 0 Å². The summed E-state index contributed by atoms with van der Waals surface area (Å²) in [6.07, 6.45) is 1.63. The third kappa shape index (κ3) is 4.72. The van der Waals surface area contributed by atoms with Crippen LogP contribution in [0.2, 0.25) is 0 Å². The van der Waals surface area contributed by atoms with Gasteiger partial charge in [-0.25, -0.2) is 0 Å². The second kappa shape index (κ2) is 8.45. The molecule has 4 rings (SSSR count). The van der Waals surface area contributed by atoms with Crippen molar-refractivity contribution in [3.05, 3.63) is 59.8 Å². The molecule has 1 aliphatic rings. The zero-order valence-electron chi connectivity index (χ0n) is 16.0. The van der Waals surface area contributed by atoms with Crippen molar-refractivity contribution >= 4 is 16.6 Å². The largest absolute Gasteiger partial charge is 0.416 e. The molecule has 1 saturated carbocycles. The molecule has 2 aromatic carbocycles. The topological polar surface area (TPSA) is 49.9 Å². The number of nitrogens with zero attached hydrogens (tertiary/aromatic N) is 1. The molecule has 2 N–H and O–H groups in total. The summed E-state index contributed by atoms with van der Waals surface area (Å²) in [4.78, 5) is 0. The van der Waals surface area contributed by atoms with Crippen LogP contribution in [0.5, 0.6) is 0 Å².